The highest BCUT2D eigenvalue weighted by molar-refractivity contribution is 5.85. The first-order valence-corrected chi connectivity index (χ1v) is 8.26. The summed E-state index contributed by atoms with van der Waals surface area (Å²) in [5.41, 5.74) is 0.674. The third-order valence-corrected chi connectivity index (χ3v) is 3.14. The summed E-state index contributed by atoms with van der Waals surface area (Å²) in [5, 5.41) is 12.7. The van der Waals surface area contributed by atoms with E-state index in [-0.39, 0.29) is 19.0 Å². The molecule has 1 aromatic carbocycles. The molecule has 0 radical (unpaired) electrons. The molecular weight excluding hydrogens is 328 g/mol. The number of hydrogen-bond donors (Lipinski definition) is 2. The fourth-order valence-electron chi connectivity index (χ4n) is 2.45. The SMILES string of the molecule is CC(C)CN(CC(C)C)CC(O)COC(=O)Nc1ccccc1.Cl. The molecule has 1 unspecified atom stereocenters. The number of aliphatic hydroxyl groups excluding tert-OH is 1. The van der Waals surface area contributed by atoms with Crippen molar-refractivity contribution in [3.8, 4) is 0 Å². The molecule has 1 amide bonds. The molecule has 6 heteroatoms. The number of rotatable bonds is 9. The highest BCUT2D eigenvalue weighted by Gasteiger charge is 2.16. The topological polar surface area (TPSA) is 61.8 Å². The first-order chi connectivity index (χ1) is 10.9. The van der Waals surface area contributed by atoms with E-state index in [1.165, 1.54) is 0 Å². The Labute approximate surface area is 151 Å². The van der Waals surface area contributed by atoms with Crippen molar-refractivity contribution in [2.75, 3.05) is 31.6 Å². The van der Waals surface area contributed by atoms with Crippen molar-refractivity contribution in [2.24, 2.45) is 11.8 Å². The zero-order valence-electron chi connectivity index (χ0n) is 15.1. The van der Waals surface area contributed by atoms with Gasteiger partial charge in [-0.25, -0.2) is 4.79 Å². The van der Waals surface area contributed by atoms with Crippen molar-refractivity contribution in [1.82, 2.24) is 4.90 Å². The van der Waals surface area contributed by atoms with Crippen molar-refractivity contribution in [1.29, 1.82) is 0 Å². The van der Waals surface area contributed by atoms with Crippen LogP contribution in [0.15, 0.2) is 30.3 Å². The van der Waals surface area contributed by atoms with Gasteiger partial charge in [-0.15, -0.1) is 12.4 Å². The molecule has 5 nitrogen and oxygen atoms in total. The average Bonchev–Trinajstić information content (AvgIpc) is 2.44. The van der Waals surface area contributed by atoms with Crippen LogP contribution in [0.4, 0.5) is 10.5 Å². The lowest BCUT2D eigenvalue weighted by atomic mass is 10.1. The molecule has 0 aromatic heterocycles. The molecule has 0 saturated carbocycles. The second-order valence-corrected chi connectivity index (χ2v) is 6.75. The van der Waals surface area contributed by atoms with Gasteiger partial charge in [0.25, 0.3) is 0 Å². The van der Waals surface area contributed by atoms with Gasteiger partial charge in [0.2, 0.25) is 0 Å². The third-order valence-electron chi connectivity index (χ3n) is 3.14. The minimum atomic E-state index is -0.686. The predicted octanol–water partition coefficient (Wildman–Crippen LogP) is 3.63. The molecule has 0 heterocycles. The number of para-hydroxylation sites is 1. The van der Waals surface area contributed by atoms with E-state index in [2.05, 4.69) is 37.9 Å². The Balaban J connectivity index is 0.00000529. The van der Waals surface area contributed by atoms with E-state index in [1.807, 2.05) is 18.2 Å². The van der Waals surface area contributed by atoms with Crippen LogP contribution in [0.3, 0.4) is 0 Å². The van der Waals surface area contributed by atoms with Crippen LogP contribution in [0.5, 0.6) is 0 Å². The molecule has 1 atom stereocenters. The Morgan fingerprint density at radius 1 is 1.08 bits per heavy atom. The Hall–Kier alpha value is -1.30. The zero-order valence-corrected chi connectivity index (χ0v) is 15.9. The van der Waals surface area contributed by atoms with E-state index in [1.54, 1.807) is 12.1 Å². The van der Waals surface area contributed by atoms with E-state index >= 15 is 0 Å². The van der Waals surface area contributed by atoms with Crippen LogP contribution in [-0.2, 0) is 4.74 Å². The fourth-order valence-corrected chi connectivity index (χ4v) is 2.45. The summed E-state index contributed by atoms with van der Waals surface area (Å²) in [7, 11) is 0. The summed E-state index contributed by atoms with van der Waals surface area (Å²) < 4.78 is 5.09. The number of aliphatic hydroxyl groups is 1. The maximum absolute atomic E-state index is 11.7. The molecule has 1 aromatic rings. The van der Waals surface area contributed by atoms with Crippen molar-refractivity contribution < 1.29 is 14.6 Å². The quantitative estimate of drug-likeness (QED) is 0.707. The monoisotopic (exact) mass is 358 g/mol. The van der Waals surface area contributed by atoms with Gasteiger partial charge in [0.05, 0.1) is 0 Å². The van der Waals surface area contributed by atoms with Crippen LogP contribution in [0.1, 0.15) is 27.7 Å². The summed E-state index contributed by atoms with van der Waals surface area (Å²) in [6.45, 7) is 11.0. The van der Waals surface area contributed by atoms with Crippen LogP contribution < -0.4 is 5.32 Å². The van der Waals surface area contributed by atoms with Crippen molar-refractivity contribution in [2.45, 2.75) is 33.8 Å². The van der Waals surface area contributed by atoms with Gasteiger partial charge in [-0.2, -0.15) is 0 Å². The minimum Gasteiger partial charge on any atom is -0.447 e. The number of nitrogens with zero attached hydrogens (tertiary/aromatic N) is 1. The molecule has 0 saturated heterocycles. The van der Waals surface area contributed by atoms with Gasteiger partial charge in [-0.3, -0.25) is 5.32 Å². The lowest BCUT2D eigenvalue weighted by Crippen LogP contribution is -2.39. The molecule has 24 heavy (non-hydrogen) atoms. The zero-order chi connectivity index (χ0) is 17.2. The summed E-state index contributed by atoms with van der Waals surface area (Å²) in [6.07, 6.45) is -1.23. The van der Waals surface area contributed by atoms with Gasteiger partial charge in [0.1, 0.15) is 12.7 Å². The number of benzene rings is 1. The van der Waals surface area contributed by atoms with Gasteiger partial charge in [0.15, 0.2) is 0 Å². The maximum Gasteiger partial charge on any atom is 0.411 e. The van der Waals surface area contributed by atoms with Crippen LogP contribution in [-0.4, -0.2) is 48.4 Å². The normalized spacial score (nSPS) is 12.2. The number of carbonyl (C=O) groups is 1. The first kappa shape index (κ1) is 22.7. The third kappa shape index (κ3) is 10.5. The smallest absolute Gasteiger partial charge is 0.411 e. The molecule has 0 aliphatic heterocycles. The van der Waals surface area contributed by atoms with Crippen molar-refractivity contribution >= 4 is 24.2 Å². The number of ether oxygens (including phenoxy) is 1. The number of amides is 1. The number of hydrogen-bond acceptors (Lipinski definition) is 4. The highest BCUT2D eigenvalue weighted by atomic mass is 35.5. The highest BCUT2D eigenvalue weighted by Crippen LogP contribution is 2.07. The lowest BCUT2D eigenvalue weighted by Gasteiger charge is -2.28. The number of anilines is 1. The largest absolute Gasteiger partial charge is 0.447 e. The van der Waals surface area contributed by atoms with Gasteiger partial charge in [-0.05, 0) is 24.0 Å². The molecular formula is C18H31ClN2O3. The molecule has 0 aliphatic carbocycles. The van der Waals surface area contributed by atoms with Gasteiger partial charge < -0.3 is 14.7 Å². The lowest BCUT2D eigenvalue weighted by molar-refractivity contribution is 0.0425. The Morgan fingerprint density at radius 2 is 1.62 bits per heavy atom. The summed E-state index contributed by atoms with van der Waals surface area (Å²) >= 11 is 0. The Bertz CT molecular complexity index is 445. The number of nitrogens with one attached hydrogen (secondary N) is 1. The molecule has 0 aliphatic rings. The van der Waals surface area contributed by atoms with E-state index in [0.717, 1.165) is 13.1 Å². The molecule has 0 spiro atoms. The minimum absolute atomic E-state index is 0. The molecule has 2 N–H and O–H groups in total. The standard InChI is InChI=1S/C18H30N2O3.ClH/c1-14(2)10-20(11-15(3)4)12-17(21)13-23-18(22)19-16-8-6-5-7-9-16;/h5-9,14-15,17,21H,10-13H2,1-4H3,(H,19,22);1H. The summed E-state index contributed by atoms with van der Waals surface area (Å²) in [6, 6.07) is 9.11. The Morgan fingerprint density at radius 3 is 2.12 bits per heavy atom. The van der Waals surface area contributed by atoms with Crippen molar-refractivity contribution in [3.05, 3.63) is 30.3 Å². The Kier molecular flexibility index (Phi) is 11.5. The van der Waals surface area contributed by atoms with E-state index in [0.29, 0.717) is 24.1 Å². The number of carbonyl (C=O) groups excluding carboxylic acids is 1. The van der Waals surface area contributed by atoms with Crippen LogP contribution in [0.25, 0.3) is 0 Å². The molecule has 138 valence electrons. The second kappa shape index (κ2) is 12.1. The molecule has 0 fully saturated rings. The van der Waals surface area contributed by atoms with Crippen LogP contribution in [0, 0.1) is 11.8 Å². The maximum atomic E-state index is 11.7. The van der Waals surface area contributed by atoms with E-state index in [4.69, 9.17) is 4.74 Å². The van der Waals surface area contributed by atoms with E-state index in [9.17, 15) is 9.90 Å². The van der Waals surface area contributed by atoms with Gasteiger partial charge >= 0.3 is 6.09 Å². The number of halogens is 1. The fraction of sp³-hybridized carbons (Fsp3) is 0.611. The van der Waals surface area contributed by atoms with Crippen LogP contribution >= 0.6 is 12.4 Å². The summed E-state index contributed by atoms with van der Waals surface area (Å²) in [4.78, 5) is 13.9. The van der Waals surface area contributed by atoms with Crippen molar-refractivity contribution in [3.63, 3.8) is 0 Å². The van der Waals surface area contributed by atoms with Gasteiger partial charge in [-0.1, -0.05) is 45.9 Å². The first-order valence-electron chi connectivity index (χ1n) is 8.26. The average molecular weight is 359 g/mol. The van der Waals surface area contributed by atoms with Gasteiger partial charge in [0, 0.05) is 25.3 Å². The molecule has 0 bridgehead atoms. The predicted molar refractivity (Wildman–Crippen MR) is 101 cm³/mol. The molecule has 1 rings (SSSR count). The second-order valence-electron chi connectivity index (χ2n) is 6.75. The van der Waals surface area contributed by atoms with E-state index < -0.39 is 12.2 Å². The summed E-state index contributed by atoms with van der Waals surface area (Å²) in [5.74, 6) is 1.06. The van der Waals surface area contributed by atoms with Crippen LogP contribution in [0.2, 0.25) is 0 Å².